The second-order valence-corrected chi connectivity index (χ2v) is 4.59. The molecule has 0 fully saturated rings. The van der Waals surface area contributed by atoms with E-state index in [2.05, 4.69) is 29.6 Å². The first kappa shape index (κ1) is 14.5. The fourth-order valence-corrected chi connectivity index (χ4v) is 1.76. The molecule has 0 radical (unpaired) electrons. The van der Waals surface area contributed by atoms with E-state index >= 15 is 0 Å². The second kappa shape index (κ2) is 7.01. The lowest BCUT2D eigenvalue weighted by Crippen LogP contribution is -2.20. The molecule has 2 rings (SSSR count). The van der Waals surface area contributed by atoms with Crippen molar-refractivity contribution >= 4 is 0 Å². The van der Waals surface area contributed by atoms with Gasteiger partial charge >= 0.3 is 0 Å². The molecule has 0 spiro atoms. The van der Waals surface area contributed by atoms with E-state index in [4.69, 9.17) is 4.74 Å². The zero-order valence-corrected chi connectivity index (χ0v) is 11.3. The van der Waals surface area contributed by atoms with Crippen molar-refractivity contribution in [2.45, 2.75) is 13.5 Å². The lowest BCUT2D eigenvalue weighted by Gasteiger charge is -2.08. The fourth-order valence-electron chi connectivity index (χ4n) is 1.76. The maximum absolute atomic E-state index is 13.3. The molecule has 2 aromatic carbocycles. The first-order valence-corrected chi connectivity index (χ1v) is 6.49. The van der Waals surface area contributed by atoms with E-state index in [1.807, 2.05) is 6.92 Å². The van der Waals surface area contributed by atoms with Crippen molar-refractivity contribution in [1.82, 2.24) is 5.32 Å². The number of aryl methyl sites for hydroxylation is 1. The lowest BCUT2D eigenvalue weighted by molar-refractivity contribution is 0.296. The van der Waals surface area contributed by atoms with E-state index in [0.717, 1.165) is 24.7 Å². The highest BCUT2D eigenvalue weighted by Crippen LogP contribution is 2.17. The molecule has 0 aliphatic rings. The lowest BCUT2D eigenvalue weighted by atomic mass is 10.1. The maximum Gasteiger partial charge on any atom is 0.165 e. The van der Waals surface area contributed by atoms with Gasteiger partial charge in [0.25, 0.3) is 0 Å². The van der Waals surface area contributed by atoms with Crippen LogP contribution in [-0.2, 0) is 6.54 Å². The SMILES string of the molecule is Cc1ccc(CNCCOc2cc(F)ccc2F)cc1. The van der Waals surface area contributed by atoms with Gasteiger partial charge in [0.1, 0.15) is 12.4 Å². The van der Waals surface area contributed by atoms with Gasteiger partial charge in [0.05, 0.1) is 0 Å². The molecular weight excluding hydrogens is 260 g/mol. The van der Waals surface area contributed by atoms with Crippen LogP contribution in [0.1, 0.15) is 11.1 Å². The molecule has 0 saturated heterocycles. The predicted octanol–water partition coefficient (Wildman–Crippen LogP) is 3.44. The highest BCUT2D eigenvalue weighted by atomic mass is 19.1. The van der Waals surface area contributed by atoms with E-state index in [9.17, 15) is 8.78 Å². The van der Waals surface area contributed by atoms with Crippen LogP contribution in [-0.4, -0.2) is 13.2 Å². The van der Waals surface area contributed by atoms with Crippen molar-refractivity contribution in [2.24, 2.45) is 0 Å². The average molecular weight is 277 g/mol. The van der Waals surface area contributed by atoms with Crippen LogP contribution >= 0.6 is 0 Å². The molecule has 2 nitrogen and oxygen atoms in total. The van der Waals surface area contributed by atoms with Crippen LogP contribution in [0.4, 0.5) is 8.78 Å². The van der Waals surface area contributed by atoms with E-state index in [-0.39, 0.29) is 12.4 Å². The van der Waals surface area contributed by atoms with Crippen molar-refractivity contribution in [3.05, 3.63) is 65.2 Å². The topological polar surface area (TPSA) is 21.3 Å². The zero-order valence-electron chi connectivity index (χ0n) is 11.3. The largest absolute Gasteiger partial charge is 0.489 e. The third-order valence-electron chi connectivity index (χ3n) is 2.88. The Labute approximate surface area is 117 Å². The Balaban J connectivity index is 1.71. The molecule has 0 aliphatic heterocycles. The molecule has 4 heteroatoms. The van der Waals surface area contributed by atoms with Crippen LogP contribution in [0.15, 0.2) is 42.5 Å². The molecule has 0 amide bonds. The van der Waals surface area contributed by atoms with Gasteiger partial charge in [-0.15, -0.1) is 0 Å². The van der Waals surface area contributed by atoms with Gasteiger partial charge in [0, 0.05) is 19.2 Å². The predicted molar refractivity (Wildman–Crippen MR) is 74.7 cm³/mol. The maximum atomic E-state index is 13.3. The van der Waals surface area contributed by atoms with Gasteiger partial charge in [-0.25, -0.2) is 8.78 Å². The fraction of sp³-hybridized carbons (Fsp3) is 0.250. The molecule has 0 aliphatic carbocycles. The van der Waals surface area contributed by atoms with Gasteiger partial charge in [-0.05, 0) is 24.6 Å². The number of rotatable bonds is 6. The van der Waals surface area contributed by atoms with Crippen LogP contribution < -0.4 is 10.1 Å². The normalized spacial score (nSPS) is 10.6. The minimum absolute atomic E-state index is 0.0536. The number of nitrogens with one attached hydrogen (secondary N) is 1. The first-order valence-electron chi connectivity index (χ1n) is 6.49. The monoisotopic (exact) mass is 277 g/mol. The molecule has 0 unspecified atom stereocenters. The van der Waals surface area contributed by atoms with Crippen LogP contribution in [0.3, 0.4) is 0 Å². The van der Waals surface area contributed by atoms with Gasteiger partial charge < -0.3 is 10.1 Å². The highest BCUT2D eigenvalue weighted by molar-refractivity contribution is 5.25. The van der Waals surface area contributed by atoms with Gasteiger partial charge in [0.2, 0.25) is 0 Å². The van der Waals surface area contributed by atoms with Gasteiger partial charge in [-0.3, -0.25) is 0 Å². The van der Waals surface area contributed by atoms with Crippen molar-refractivity contribution in [3.63, 3.8) is 0 Å². The molecular formula is C16H17F2NO. The van der Waals surface area contributed by atoms with E-state index < -0.39 is 11.6 Å². The minimum atomic E-state index is -0.551. The van der Waals surface area contributed by atoms with Crippen LogP contribution in [0.5, 0.6) is 5.75 Å². The summed E-state index contributed by atoms with van der Waals surface area (Å²) >= 11 is 0. The minimum Gasteiger partial charge on any atom is -0.489 e. The zero-order chi connectivity index (χ0) is 14.4. The number of hydrogen-bond acceptors (Lipinski definition) is 2. The summed E-state index contributed by atoms with van der Waals surface area (Å²) in [5.74, 6) is -1.11. The standard InChI is InChI=1S/C16H17F2NO/c1-12-2-4-13(5-3-12)11-19-8-9-20-16-10-14(17)6-7-15(16)18/h2-7,10,19H,8-9,11H2,1H3. The van der Waals surface area contributed by atoms with E-state index in [0.29, 0.717) is 6.54 Å². The Morgan fingerprint density at radius 3 is 2.55 bits per heavy atom. The smallest absolute Gasteiger partial charge is 0.165 e. The van der Waals surface area contributed by atoms with Crippen LogP contribution in [0.25, 0.3) is 0 Å². The van der Waals surface area contributed by atoms with Gasteiger partial charge in [-0.2, -0.15) is 0 Å². The Bertz CT molecular complexity index is 555. The molecule has 0 bridgehead atoms. The van der Waals surface area contributed by atoms with Crippen molar-refractivity contribution < 1.29 is 13.5 Å². The van der Waals surface area contributed by atoms with Crippen molar-refractivity contribution in [1.29, 1.82) is 0 Å². The Kier molecular flexibility index (Phi) is 5.07. The van der Waals surface area contributed by atoms with Crippen LogP contribution in [0.2, 0.25) is 0 Å². The number of halogens is 2. The third-order valence-corrected chi connectivity index (χ3v) is 2.88. The summed E-state index contributed by atoms with van der Waals surface area (Å²) in [6, 6.07) is 11.4. The summed E-state index contributed by atoms with van der Waals surface area (Å²) in [4.78, 5) is 0. The van der Waals surface area contributed by atoms with E-state index in [1.165, 1.54) is 11.1 Å². The van der Waals surface area contributed by atoms with Gasteiger partial charge in [0.15, 0.2) is 11.6 Å². The highest BCUT2D eigenvalue weighted by Gasteiger charge is 2.04. The van der Waals surface area contributed by atoms with E-state index in [1.54, 1.807) is 0 Å². The molecule has 0 aromatic heterocycles. The summed E-state index contributed by atoms with van der Waals surface area (Å²) in [6.07, 6.45) is 0. The molecule has 2 aromatic rings. The summed E-state index contributed by atoms with van der Waals surface area (Å²) in [6.45, 7) is 3.60. The summed E-state index contributed by atoms with van der Waals surface area (Å²) < 4.78 is 31.4. The van der Waals surface area contributed by atoms with Crippen molar-refractivity contribution in [2.75, 3.05) is 13.2 Å². The summed E-state index contributed by atoms with van der Waals surface area (Å²) in [5, 5.41) is 3.18. The van der Waals surface area contributed by atoms with Gasteiger partial charge in [-0.1, -0.05) is 29.8 Å². The van der Waals surface area contributed by atoms with Crippen molar-refractivity contribution in [3.8, 4) is 5.75 Å². The Morgan fingerprint density at radius 1 is 1.05 bits per heavy atom. The summed E-state index contributed by atoms with van der Waals surface area (Å²) in [7, 11) is 0. The Hall–Kier alpha value is -1.94. The number of ether oxygens (including phenoxy) is 1. The third kappa shape index (κ3) is 4.31. The first-order chi connectivity index (χ1) is 9.65. The number of benzene rings is 2. The average Bonchev–Trinajstić information content (AvgIpc) is 2.44. The number of hydrogen-bond donors (Lipinski definition) is 1. The second-order valence-electron chi connectivity index (χ2n) is 4.59. The molecule has 20 heavy (non-hydrogen) atoms. The van der Waals surface area contributed by atoms with Crippen LogP contribution in [0, 0.1) is 18.6 Å². The molecule has 0 heterocycles. The summed E-state index contributed by atoms with van der Waals surface area (Å²) in [5.41, 5.74) is 2.39. The molecule has 1 N–H and O–H groups in total. The molecule has 0 saturated carbocycles. The molecule has 106 valence electrons. The Morgan fingerprint density at radius 2 is 1.80 bits per heavy atom. The molecule has 0 atom stereocenters. The quantitative estimate of drug-likeness (QED) is 0.817.